The van der Waals surface area contributed by atoms with Gasteiger partial charge in [0.1, 0.15) is 6.04 Å². The molecule has 0 radical (unpaired) electrons. The van der Waals surface area contributed by atoms with Gasteiger partial charge in [-0.15, -0.1) is 0 Å². The lowest BCUT2D eigenvalue weighted by Crippen LogP contribution is -2.34. The third kappa shape index (κ3) is 5.26. The van der Waals surface area contributed by atoms with E-state index in [0.717, 1.165) is 0 Å². The largest absolute Gasteiger partial charge is 0.372 e. The van der Waals surface area contributed by atoms with Gasteiger partial charge < -0.3 is 15.5 Å². The van der Waals surface area contributed by atoms with Crippen LogP contribution in [-0.2, 0) is 14.2 Å². The summed E-state index contributed by atoms with van der Waals surface area (Å²) in [4.78, 5) is 23.3. The van der Waals surface area contributed by atoms with Gasteiger partial charge >= 0.3 is 5.97 Å². The van der Waals surface area contributed by atoms with Gasteiger partial charge in [0.15, 0.2) is 7.37 Å². The van der Waals surface area contributed by atoms with Crippen molar-refractivity contribution in [1.82, 2.24) is 0 Å². The molecule has 0 saturated carbocycles. The van der Waals surface area contributed by atoms with E-state index in [2.05, 4.69) is 10.7 Å². The standard InChI is InChI=1S/C5H13N2O4P/c1-12(9,10)3-2-4(6)5(8)11-7/h4H,2-3,6-7H2,1H3,(H,9,10)/t4-/m0/s1. The van der Waals surface area contributed by atoms with Crippen LogP contribution in [-0.4, -0.2) is 29.7 Å². The van der Waals surface area contributed by atoms with Crippen molar-refractivity contribution in [3.8, 4) is 0 Å². The van der Waals surface area contributed by atoms with Crippen LogP contribution in [0.2, 0.25) is 0 Å². The number of carbonyl (C=O) groups excluding carboxylic acids is 1. The molecule has 0 aliphatic carbocycles. The van der Waals surface area contributed by atoms with E-state index in [0.29, 0.717) is 0 Å². The maximum absolute atomic E-state index is 10.7. The van der Waals surface area contributed by atoms with Crippen LogP contribution in [0.3, 0.4) is 0 Å². The van der Waals surface area contributed by atoms with Crippen LogP contribution in [0, 0.1) is 0 Å². The lowest BCUT2D eigenvalue weighted by atomic mass is 10.2. The highest BCUT2D eigenvalue weighted by Gasteiger charge is 2.18. The summed E-state index contributed by atoms with van der Waals surface area (Å²) in [5.41, 5.74) is 5.25. The summed E-state index contributed by atoms with van der Waals surface area (Å²) < 4.78 is 10.7. The van der Waals surface area contributed by atoms with Crippen molar-refractivity contribution >= 4 is 13.3 Å². The molecule has 5 N–H and O–H groups in total. The minimum absolute atomic E-state index is 0.0106. The molecule has 0 bridgehead atoms. The highest BCUT2D eigenvalue weighted by atomic mass is 31.2. The van der Waals surface area contributed by atoms with Gasteiger partial charge in [-0.25, -0.2) is 4.79 Å². The zero-order valence-electron chi connectivity index (χ0n) is 6.77. The normalized spacial score (nSPS) is 18.0. The first-order valence-corrected chi connectivity index (χ1v) is 5.61. The maximum Gasteiger partial charge on any atom is 0.341 e. The van der Waals surface area contributed by atoms with E-state index in [4.69, 9.17) is 10.6 Å². The van der Waals surface area contributed by atoms with Crippen molar-refractivity contribution in [3.05, 3.63) is 0 Å². The Morgan fingerprint density at radius 2 is 2.25 bits per heavy atom. The molecule has 0 aromatic rings. The summed E-state index contributed by atoms with van der Waals surface area (Å²) in [6.07, 6.45) is 0.0869. The van der Waals surface area contributed by atoms with E-state index in [9.17, 15) is 9.36 Å². The number of nitrogens with two attached hydrogens (primary N) is 2. The van der Waals surface area contributed by atoms with Gasteiger partial charge in [-0.1, -0.05) is 0 Å². The van der Waals surface area contributed by atoms with E-state index in [1.54, 1.807) is 0 Å². The van der Waals surface area contributed by atoms with Crippen molar-refractivity contribution in [2.45, 2.75) is 12.5 Å². The quantitative estimate of drug-likeness (QED) is 0.393. The van der Waals surface area contributed by atoms with Gasteiger partial charge in [0.25, 0.3) is 0 Å². The van der Waals surface area contributed by atoms with Gasteiger partial charge in [-0.05, 0) is 6.42 Å². The second kappa shape index (κ2) is 4.57. The molecular formula is C5H13N2O4P. The van der Waals surface area contributed by atoms with E-state index in [1.165, 1.54) is 6.66 Å². The average Bonchev–Trinajstić information content (AvgIpc) is 1.97. The minimum atomic E-state index is -3.10. The Labute approximate surface area is 70.3 Å². The molecule has 12 heavy (non-hydrogen) atoms. The molecule has 0 saturated heterocycles. The van der Waals surface area contributed by atoms with Crippen molar-refractivity contribution in [2.24, 2.45) is 11.6 Å². The van der Waals surface area contributed by atoms with E-state index >= 15 is 0 Å². The molecule has 0 aliphatic heterocycles. The van der Waals surface area contributed by atoms with E-state index < -0.39 is 19.4 Å². The Bertz CT molecular complexity index is 202. The Morgan fingerprint density at radius 3 is 2.58 bits per heavy atom. The predicted molar refractivity (Wildman–Crippen MR) is 43.5 cm³/mol. The van der Waals surface area contributed by atoms with Gasteiger partial charge in [-0.2, -0.15) is 5.90 Å². The van der Waals surface area contributed by atoms with Crippen molar-refractivity contribution < 1.29 is 19.1 Å². The molecular weight excluding hydrogens is 183 g/mol. The second-order valence-electron chi connectivity index (χ2n) is 2.61. The molecule has 0 heterocycles. The first kappa shape index (κ1) is 11.6. The van der Waals surface area contributed by atoms with E-state index in [-0.39, 0.29) is 12.6 Å². The highest BCUT2D eigenvalue weighted by Crippen LogP contribution is 2.35. The summed E-state index contributed by atoms with van der Waals surface area (Å²) in [5, 5.41) is 0. The molecule has 0 aromatic heterocycles. The van der Waals surface area contributed by atoms with Crippen molar-refractivity contribution in [2.75, 3.05) is 12.8 Å². The fourth-order valence-corrected chi connectivity index (χ4v) is 1.34. The van der Waals surface area contributed by atoms with Crippen molar-refractivity contribution in [1.29, 1.82) is 0 Å². The van der Waals surface area contributed by atoms with Crippen LogP contribution in [0.5, 0.6) is 0 Å². The fraction of sp³-hybridized carbons (Fsp3) is 0.800. The second-order valence-corrected chi connectivity index (χ2v) is 5.16. The third-order valence-electron chi connectivity index (χ3n) is 1.27. The van der Waals surface area contributed by atoms with Gasteiger partial charge in [0.2, 0.25) is 0 Å². The number of hydrogen-bond acceptors (Lipinski definition) is 5. The topological polar surface area (TPSA) is 116 Å². The zero-order chi connectivity index (χ0) is 9.78. The summed E-state index contributed by atoms with van der Waals surface area (Å²) in [6, 6.07) is -0.921. The zero-order valence-corrected chi connectivity index (χ0v) is 7.66. The van der Waals surface area contributed by atoms with Crippen LogP contribution in [0.4, 0.5) is 0 Å². The molecule has 6 nitrogen and oxygen atoms in total. The van der Waals surface area contributed by atoms with Crippen molar-refractivity contribution in [3.63, 3.8) is 0 Å². The minimum Gasteiger partial charge on any atom is -0.372 e. The lowest BCUT2D eigenvalue weighted by Gasteiger charge is -2.09. The fourth-order valence-electron chi connectivity index (χ4n) is 0.584. The summed E-state index contributed by atoms with van der Waals surface area (Å²) in [6.45, 7) is 1.20. The monoisotopic (exact) mass is 196 g/mol. The average molecular weight is 196 g/mol. The molecule has 7 heteroatoms. The molecule has 0 aromatic carbocycles. The third-order valence-corrected chi connectivity index (χ3v) is 2.36. The Morgan fingerprint density at radius 1 is 1.75 bits per heavy atom. The smallest absolute Gasteiger partial charge is 0.341 e. The molecule has 0 spiro atoms. The SMILES string of the molecule is CP(=O)(O)CC[C@H](N)C(=O)ON. The van der Waals surface area contributed by atoms with Gasteiger partial charge in [-0.3, -0.25) is 4.57 Å². The Hall–Kier alpha value is -0.420. The van der Waals surface area contributed by atoms with Gasteiger partial charge in [0.05, 0.1) is 0 Å². The number of rotatable bonds is 4. The summed E-state index contributed by atoms with van der Waals surface area (Å²) in [5.74, 6) is 3.78. The first-order chi connectivity index (χ1) is 5.37. The summed E-state index contributed by atoms with van der Waals surface area (Å²) in [7, 11) is -3.10. The molecule has 0 fully saturated rings. The van der Waals surface area contributed by atoms with Crippen LogP contribution in [0.25, 0.3) is 0 Å². The van der Waals surface area contributed by atoms with Crippen LogP contribution in [0.15, 0.2) is 0 Å². The van der Waals surface area contributed by atoms with Crippen LogP contribution >= 0.6 is 7.37 Å². The molecule has 1 unspecified atom stereocenters. The Balaban J connectivity index is 3.79. The molecule has 0 rings (SSSR count). The Kier molecular flexibility index (Phi) is 4.41. The molecule has 2 atom stereocenters. The number of carbonyl (C=O) groups is 1. The lowest BCUT2D eigenvalue weighted by molar-refractivity contribution is -0.145. The molecule has 72 valence electrons. The first-order valence-electron chi connectivity index (χ1n) is 3.32. The highest BCUT2D eigenvalue weighted by molar-refractivity contribution is 7.57. The van der Waals surface area contributed by atoms with Crippen LogP contribution in [0.1, 0.15) is 6.42 Å². The number of hydrogen-bond donors (Lipinski definition) is 3. The van der Waals surface area contributed by atoms with Crippen LogP contribution < -0.4 is 11.6 Å². The summed E-state index contributed by atoms with van der Waals surface area (Å²) >= 11 is 0. The predicted octanol–water partition coefficient (Wildman–Crippen LogP) is -0.979. The van der Waals surface area contributed by atoms with E-state index in [1.807, 2.05) is 0 Å². The van der Waals surface area contributed by atoms with Gasteiger partial charge in [0, 0.05) is 12.8 Å². The molecule has 0 amide bonds. The molecule has 0 aliphatic rings. The maximum atomic E-state index is 10.7.